The zero-order valence-electron chi connectivity index (χ0n) is 11.8. The first-order chi connectivity index (χ1) is 8.61. The van der Waals surface area contributed by atoms with Gasteiger partial charge in [-0.3, -0.25) is 4.98 Å². The highest BCUT2D eigenvalue weighted by atomic mass is 16.3. The van der Waals surface area contributed by atoms with Crippen LogP contribution < -0.4 is 5.32 Å². The van der Waals surface area contributed by atoms with Gasteiger partial charge in [0.05, 0.1) is 0 Å². The van der Waals surface area contributed by atoms with Crippen LogP contribution in [0.4, 0.5) is 0 Å². The lowest BCUT2D eigenvalue weighted by Crippen LogP contribution is -2.34. The summed E-state index contributed by atoms with van der Waals surface area (Å²) < 4.78 is 0. The molecule has 3 nitrogen and oxygen atoms in total. The van der Waals surface area contributed by atoms with Gasteiger partial charge in [-0.05, 0) is 43.7 Å². The number of aromatic nitrogens is 1. The predicted octanol–water partition coefficient (Wildman–Crippen LogP) is 2.26. The number of nitrogens with zero attached hydrogens (tertiary/aromatic N) is 1. The Morgan fingerprint density at radius 3 is 2.61 bits per heavy atom. The van der Waals surface area contributed by atoms with Crippen molar-refractivity contribution in [2.45, 2.75) is 39.7 Å². The van der Waals surface area contributed by atoms with Gasteiger partial charge in [0, 0.05) is 31.1 Å². The van der Waals surface area contributed by atoms with E-state index >= 15 is 0 Å². The van der Waals surface area contributed by atoms with Crippen LogP contribution in [0.2, 0.25) is 0 Å². The molecule has 1 aromatic heterocycles. The van der Waals surface area contributed by atoms with Crippen molar-refractivity contribution in [2.75, 3.05) is 13.2 Å². The Morgan fingerprint density at radius 2 is 2.06 bits per heavy atom. The van der Waals surface area contributed by atoms with Gasteiger partial charge < -0.3 is 10.4 Å². The normalized spacial score (nSPS) is 14.7. The van der Waals surface area contributed by atoms with Gasteiger partial charge in [0.2, 0.25) is 0 Å². The summed E-state index contributed by atoms with van der Waals surface area (Å²) in [6.45, 7) is 7.72. The Labute approximate surface area is 111 Å². The lowest BCUT2D eigenvalue weighted by molar-refractivity contribution is 0.216. The van der Waals surface area contributed by atoms with E-state index in [1.54, 1.807) is 6.20 Å². The fraction of sp³-hybridized carbons (Fsp3) is 0.667. The minimum absolute atomic E-state index is 0.206. The van der Waals surface area contributed by atoms with Gasteiger partial charge in [-0.15, -0.1) is 0 Å². The fourth-order valence-electron chi connectivity index (χ4n) is 2.17. The first-order valence-electron chi connectivity index (χ1n) is 6.86. The number of rotatable bonds is 8. The van der Waals surface area contributed by atoms with Gasteiger partial charge in [0.15, 0.2) is 0 Å². The number of aliphatic hydroxyl groups is 1. The Kier molecular flexibility index (Phi) is 6.91. The van der Waals surface area contributed by atoms with Gasteiger partial charge in [-0.2, -0.15) is 0 Å². The van der Waals surface area contributed by atoms with Gasteiger partial charge in [-0.1, -0.05) is 19.9 Å². The average Bonchev–Trinajstić information content (AvgIpc) is 2.35. The summed E-state index contributed by atoms with van der Waals surface area (Å²) in [6.07, 6.45) is 3.80. The third kappa shape index (κ3) is 6.12. The highest BCUT2D eigenvalue weighted by Crippen LogP contribution is 2.07. The standard InChI is InChI=1S/C15H26N2O/c1-12(2)8-13(3)17-10-14(11-18)9-15-6-4-5-7-16-15/h4-7,12-14,17-18H,8-11H2,1-3H3. The third-order valence-corrected chi connectivity index (χ3v) is 3.06. The van der Waals surface area contributed by atoms with E-state index in [-0.39, 0.29) is 12.5 Å². The molecule has 2 N–H and O–H groups in total. The summed E-state index contributed by atoms with van der Waals surface area (Å²) in [5.41, 5.74) is 1.05. The molecule has 0 aliphatic carbocycles. The fourth-order valence-corrected chi connectivity index (χ4v) is 2.17. The van der Waals surface area contributed by atoms with Crippen molar-refractivity contribution in [1.82, 2.24) is 10.3 Å². The molecule has 1 aromatic rings. The molecular weight excluding hydrogens is 224 g/mol. The van der Waals surface area contributed by atoms with E-state index in [0.717, 1.165) is 18.7 Å². The maximum Gasteiger partial charge on any atom is 0.0475 e. The maximum absolute atomic E-state index is 9.41. The molecule has 0 bridgehead atoms. The molecule has 1 heterocycles. The summed E-state index contributed by atoms with van der Waals surface area (Å²) in [6, 6.07) is 6.43. The van der Waals surface area contributed by atoms with Crippen molar-refractivity contribution in [3.05, 3.63) is 30.1 Å². The van der Waals surface area contributed by atoms with Crippen LogP contribution in [0.5, 0.6) is 0 Å². The van der Waals surface area contributed by atoms with Crippen LogP contribution in [0, 0.1) is 11.8 Å². The molecule has 0 aliphatic rings. The minimum atomic E-state index is 0.206. The number of nitrogens with one attached hydrogen (secondary N) is 1. The number of pyridine rings is 1. The monoisotopic (exact) mass is 250 g/mol. The quantitative estimate of drug-likeness (QED) is 0.744. The number of hydrogen-bond acceptors (Lipinski definition) is 3. The molecule has 0 saturated heterocycles. The molecule has 0 aliphatic heterocycles. The lowest BCUT2D eigenvalue weighted by atomic mass is 10.0. The smallest absolute Gasteiger partial charge is 0.0475 e. The van der Waals surface area contributed by atoms with Crippen molar-refractivity contribution >= 4 is 0 Å². The second-order valence-corrected chi connectivity index (χ2v) is 5.51. The molecule has 0 amide bonds. The molecule has 0 spiro atoms. The second-order valence-electron chi connectivity index (χ2n) is 5.51. The number of aliphatic hydroxyl groups excluding tert-OH is 1. The molecule has 2 atom stereocenters. The summed E-state index contributed by atoms with van der Waals surface area (Å²) in [4.78, 5) is 4.30. The Balaban J connectivity index is 2.34. The number of hydrogen-bond donors (Lipinski definition) is 2. The van der Waals surface area contributed by atoms with Crippen LogP contribution >= 0.6 is 0 Å². The topological polar surface area (TPSA) is 45.1 Å². The Morgan fingerprint density at radius 1 is 1.28 bits per heavy atom. The molecule has 2 unspecified atom stereocenters. The SMILES string of the molecule is CC(C)CC(C)NCC(CO)Cc1ccccn1. The van der Waals surface area contributed by atoms with Crippen molar-refractivity contribution in [3.63, 3.8) is 0 Å². The summed E-state index contributed by atoms with van der Waals surface area (Å²) >= 11 is 0. The summed E-state index contributed by atoms with van der Waals surface area (Å²) in [5, 5.41) is 12.9. The second kappa shape index (κ2) is 8.22. The highest BCUT2D eigenvalue weighted by Gasteiger charge is 2.11. The van der Waals surface area contributed by atoms with E-state index in [4.69, 9.17) is 0 Å². The van der Waals surface area contributed by atoms with Crippen LogP contribution in [0.25, 0.3) is 0 Å². The minimum Gasteiger partial charge on any atom is -0.396 e. The Bertz CT molecular complexity index is 314. The van der Waals surface area contributed by atoms with Crippen molar-refractivity contribution < 1.29 is 5.11 Å². The van der Waals surface area contributed by atoms with E-state index in [1.165, 1.54) is 6.42 Å². The Hall–Kier alpha value is -0.930. The summed E-state index contributed by atoms with van der Waals surface area (Å²) in [5.74, 6) is 0.949. The average molecular weight is 250 g/mol. The predicted molar refractivity (Wildman–Crippen MR) is 75.4 cm³/mol. The molecule has 0 saturated carbocycles. The van der Waals surface area contributed by atoms with Crippen LogP contribution in [0.1, 0.15) is 32.9 Å². The van der Waals surface area contributed by atoms with E-state index in [9.17, 15) is 5.11 Å². The van der Waals surface area contributed by atoms with Crippen LogP contribution in [0.3, 0.4) is 0 Å². The third-order valence-electron chi connectivity index (χ3n) is 3.06. The molecular formula is C15H26N2O. The molecule has 0 radical (unpaired) electrons. The molecule has 0 aromatic carbocycles. The first kappa shape index (κ1) is 15.1. The van der Waals surface area contributed by atoms with Crippen molar-refractivity contribution in [1.29, 1.82) is 0 Å². The van der Waals surface area contributed by atoms with E-state index < -0.39 is 0 Å². The van der Waals surface area contributed by atoms with Gasteiger partial charge in [-0.25, -0.2) is 0 Å². The van der Waals surface area contributed by atoms with Crippen molar-refractivity contribution in [2.24, 2.45) is 11.8 Å². The molecule has 0 fully saturated rings. The zero-order chi connectivity index (χ0) is 13.4. The van der Waals surface area contributed by atoms with Crippen molar-refractivity contribution in [3.8, 4) is 0 Å². The first-order valence-corrected chi connectivity index (χ1v) is 6.86. The molecule has 18 heavy (non-hydrogen) atoms. The highest BCUT2D eigenvalue weighted by molar-refractivity contribution is 5.04. The summed E-state index contributed by atoms with van der Waals surface area (Å²) in [7, 11) is 0. The molecule has 102 valence electrons. The molecule has 3 heteroatoms. The van der Waals surface area contributed by atoms with Gasteiger partial charge in [0.1, 0.15) is 0 Å². The lowest BCUT2D eigenvalue weighted by Gasteiger charge is -2.20. The van der Waals surface area contributed by atoms with Crippen LogP contribution in [-0.4, -0.2) is 29.3 Å². The van der Waals surface area contributed by atoms with E-state index in [2.05, 4.69) is 31.1 Å². The van der Waals surface area contributed by atoms with E-state index in [0.29, 0.717) is 12.0 Å². The van der Waals surface area contributed by atoms with Gasteiger partial charge >= 0.3 is 0 Å². The largest absolute Gasteiger partial charge is 0.396 e. The van der Waals surface area contributed by atoms with Gasteiger partial charge in [0.25, 0.3) is 0 Å². The van der Waals surface area contributed by atoms with E-state index in [1.807, 2.05) is 18.2 Å². The van der Waals surface area contributed by atoms with Crippen LogP contribution in [0.15, 0.2) is 24.4 Å². The maximum atomic E-state index is 9.41. The zero-order valence-corrected chi connectivity index (χ0v) is 11.8. The van der Waals surface area contributed by atoms with Crippen LogP contribution in [-0.2, 0) is 6.42 Å². The molecule has 1 rings (SSSR count).